The molecule has 5 heteroatoms. The molecule has 1 aliphatic carbocycles. The molecule has 0 aromatic heterocycles. The average Bonchev–Trinajstić information content (AvgIpc) is 3.03. The van der Waals surface area contributed by atoms with E-state index in [4.69, 9.17) is 0 Å². The van der Waals surface area contributed by atoms with E-state index in [9.17, 15) is 13.6 Å². The third-order valence-electron chi connectivity index (χ3n) is 2.31. The van der Waals surface area contributed by atoms with Gasteiger partial charge in [0.25, 0.3) is 5.76 Å². The summed E-state index contributed by atoms with van der Waals surface area (Å²) < 4.78 is 24.5. The molecule has 0 radical (unpaired) electrons. The van der Waals surface area contributed by atoms with Crippen molar-refractivity contribution < 1.29 is 13.6 Å². The van der Waals surface area contributed by atoms with Crippen molar-refractivity contribution in [2.24, 2.45) is 5.92 Å². The van der Waals surface area contributed by atoms with Gasteiger partial charge in [0, 0.05) is 10.8 Å². The van der Waals surface area contributed by atoms with Crippen LogP contribution in [0.2, 0.25) is 0 Å². The molecule has 1 amide bonds. The van der Waals surface area contributed by atoms with Crippen LogP contribution in [0, 0.1) is 5.92 Å². The third kappa shape index (κ3) is 2.95. The van der Waals surface area contributed by atoms with Gasteiger partial charge in [0.2, 0.25) is 5.91 Å². The molecule has 1 saturated carbocycles. The molecule has 2 rings (SSSR count). The van der Waals surface area contributed by atoms with E-state index in [2.05, 4.69) is 5.32 Å². The van der Waals surface area contributed by atoms with Gasteiger partial charge < -0.3 is 5.32 Å². The van der Waals surface area contributed by atoms with Crippen LogP contribution in [0.15, 0.2) is 29.2 Å². The van der Waals surface area contributed by atoms with E-state index in [-0.39, 0.29) is 11.8 Å². The fourth-order valence-electron chi connectivity index (χ4n) is 1.35. The zero-order valence-corrected chi connectivity index (χ0v) is 9.27. The molecular formula is C11H11F2NOS. The van der Waals surface area contributed by atoms with Gasteiger partial charge >= 0.3 is 0 Å². The van der Waals surface area contributed by atoms with E-state index < -0.39 is 5.76 Å². The largest absolute Gasteiger partial charge is 0.325 e. The quantitative estimate of drug-likeness (QED) is 0.822. The van der Waals surface area contributed by atoms with Crippen LogP contribution in [0.5, 0.6) is 0 Å². The van der Waals surface area contributed by atoms with E-state index in [0.717, 1.165) is 12.8 Å². The van der Waals surface area contributed by atoms with Crippen molar-refractivity contribution in [3.05, 3.63) is 24.3 Å². The van der Waals surface area contributed by atoms with Crippen molar-refractivity contribution in [3.8, 4) is 0 Å². The molecule has 0 unspecified atom stereocenters. The van der Waals surface area contributed by atoms with Crippen LogP contribution in [0.1, 0.15) is 12.8 Å². The Morgan fingerprint density at radius 2 is 2.06 bits per heavy atom. The minimum absolute atomic E-state index is 0.0673. The molecule has 1 aromatic rings. The van der Waals surface area contributed by atoms with Crippen LogP contribution in [-0.4, -0.2) is 11.7 Å². The number of carbonyl (C=O) groups is 1. The zero-order chi connectivity index (χ0) is 11.5. The van der Waals surface area contributed by atoms with Gasteiger partial charge in [0.05, 0.1) is 5.69 Å². The van der Waals surface area contributed by atoms with Gasteiger partial charge in [-0.15, -0.1) is 0 Å². The van der Waals surface area contributed by atoms with Crippen molar-refractivity contribution in [1.82, 2.24) is 0 Å². The van der Waals surface area contributed by atoms with E-state index in [1.165, 1.54) is 0 Å². The number of carbonyl (C=O) groups excluding carboxylic acids is 1. The number of amides is 1. The van der Waals surface area contributed by atoms with Crippen LogP contribution in [-0.2, 0) is 4.79 Å². The topological polar surface area (TPSA) is 29.1 Å². The first-order chi connectivity index (χ1) is 7.66. The van der Waals surface area contributed by atoms with Crippen LogP contribution in [0.4, 0.5) is 14.5 Å². The van der Waals surface area contributed by atoms with Gasteiger partial charge in [-0.1, -0.05) is 23.9 Å². The van der Waals surface area contributed by atoms with Crippen LogP contribution in [0.25, 0.3) is 0 Å². The molecule has 0 spiro atoms. The molecule has 16 heavy (non-hydrogen) atoms. The minimum atomic E-state index is -2.47. The summed E-state index contributed by atoms with van der Waals surface area (Å²) in [5.74, 6) is -2.47. The molecule has 0 atom stereocenters. The first-order valence-electron chi connectivity index (χ1n) is 5.01. The summed E-state index contributed by atoms with van der Waals surface area (Å²) >= 11 is 0.451. The molecular weight excluding hydrogens is 232 g/mol. The lowest BCUT2D eigenvalue weighted by Gasteiger charge is -2.09. The highest BCUT2D eigenvalue weighted by Crippen LogP contribution is 2.34. The molecule has 0 aliphatic heterocycles. The molecule has 2 nitrogen and oxygen atoms in total. The first-order valence-corrected chi connectivity index (χ1v) is 5.89. The maximum absolute atomic E-state index is 12.3. The van der Waals surface area contributed by atoms with Gasteiger partial charge in [-0.25, -0.2) is 0 Å². The number of halogens is 2. The summed E-state index contributed by atoms with van der Waals surface area (Å²) in [6, 6.07) is 6.62. The lowest BCUT2D eigenvalue weighted by atomic mass is 10.3. The standard InChI is InChI=1S/C11H11F2NOS/c12-11(13)16-9-4-2-1-3-8(9)14-10(15)7-5-6-7/h1-4,7,11H,5-6H2,(H,14,15). The molecule has 1 aromatic carbocycles. The number of hydrogen-bond acceptors (Lipinski definition) is 2. The van der Waals surface area contributed by atoms with E-state index >= 15 is 0 Å². The molecule has 0 heterocycles. The summed E-state index contributed by atoms with van der Waals surface area (Å²) in [6.45, 7) is 0. The maximum Gasteiger partial charge on any atom is 0.288 e. The van der Waals surface area contributed by atoms with E-state index in [1.807, 2.05) is 0 Å². The van der Waals surface area contributed by atoms with Gasteiger partial charge in [0.15, 0.2) is 0 Å². The van der Waals surface area contributed by atoms with Crippen molar-refractivity contribution >= 4 is 23.4 Å². The molecule has 1 fully saturated rings. The summed E-state index contributed by atoms with van der Waals surface area (Å²) in [7, 11) is 0. The highest BCUT2D eigenvalue weighted by atomic mass is 32.2. The number of thioether (sulfide) groups is 1. The minimum Gasteiger partial charge on any atom is -0.325 e. The van der Waals surface area contributed by atoms with E-state index in [0.29, 0.717) is 22.3 Å². The Morgan fingerprint density at radius 3 is 2.69 bits per heavy atom. The SMILES string of the molecule is O=C(Nc1ccccc1SC(F)F)C1CC1. The number of rotatable bonds is 4. The fraction of sp³-hybridized carbons (Fsp3) is 0.364. The number of benzene rings is 1. The molecule has 0 saturated heterocycles. The zero-order valence-electron chi connectivity index (χ0n) is 8.45. The summed E-state index contributed by atoms with van der Waals surface area (Å²) in [5.41, 5.74) is 0.477. The maximum atomic E-state index is 12.3. The Hall–Kier alpha value is -1.10. The van der Waals surface area contributed by atoms with E-state index in [1.54, 1.807) is 24.3 Å². The summed E-state index contributed by atoms with van der Waals surface area (Å²) in [6.07, 6.45) is 1.80. The van der Waals surface area contributed by atoms with Gasteiger partial charge in [0.1, 0.15) is 0 Å². The second-order valence-corrected chi connectivity index (χ2v) is 4.67. The van der Waals surface area contributed by atoms with Gasteiger partial charge in [-0.05, 0) is 25.0 Å². The number of nitrogens with one attached hydrogen (secondary N) is 1. The Bertz CT molecular complexity index is 393. The monoisotopic (exact) mass is 243 g/mol. The van der Waals surface area contributed by atoms with Crippen LogP contribution >= 0.6 is 11.8 Å². The number of hydrogen-bond donors (Lipinski definition) is 1. The summed E-state index contributed by atoms with van der Waals surface area (Å²) in [5, 5.41) is 2.68. The Balaban J connectivity index is 2.08. The van der Waals surface area contributed by atoms with Crippen molar-refractivity contribution in [2.75, 3.05) is 5.32 Å². The van der Waals surface area contributed by atoms with Crippen molar-refractivity contribution in [2.45, 2.75) is 23.5 Å². The molecule has 1 aliphatic rings. The Kier molecular flexibility index (Phi) is 3.43. The predicted molar refractivity (Wildman–Crippen MR) is 59.7 cm³/mol. The summed E-state index contributed by atoms with van der Waals surface area (Å²) in [4.78, 5) is 11.9. The average molecular weight is 243 g/mol. The lowest BCUT2D eigenvalue weighted by Crippen LogP contribution is -2.13. The third-order valence-corrected chi connectivity index (χ3v) is 3.10. The molecule has 0 bridgehead atoms. The highest BCUT2D eigenvalue weighted by Gasteiger charge is 2.30. The number of para-hydroxylation sites is 1. The second kappa shape index (κ2) is 4.82. The highest BCUT2D eigenvalue weighted by molar-refractivity contribution is 7.99. The van der Waals surface area contributed by atoms with Crippen molar-refractivity contribution in [1.29, 1.82) is 0 Å². The Labute approximate surface area is 96.4 Å². The van der Waals surface area contributed by atoms with Gasteiger partial charge in [-0.2, -0.15) is 8.78 Å². The van der Waals surface area contributed by atoms with Crippen LogP contribution in [0.3, 0.4) is 0 Å². The number of alkyl halides is 2. The number of anilines is 1. The van der Waals surface area contributed by atoms with Crippen LogP contribution < -0.4 is 5.32 Å². The fourth-order valence-corrected chi connectivity index (χ4v) is 1.94. The first kappa shape index (κ1) is 11.4. The van der Waals surface area contributed by atoms with Gasteiger partial charge in [-0.3, -0.25) is 4.79 Å². The molecule has 86 valence electrons. The normalized spacial score (nSPS) is 15.2. The smallest absolute Gasteiger partial charge is 0.288 e. The molecule has 1 N–H and O–H groups in total. The second-order valence-electron chi connectivity index (χ2n) is 3.64. The predicted octanol–water partition coefficient (Wildman–Crippen LogP) is 3.35. The van der Waals surface area contributed by atoms with Crippen molar-refractivity contribution in [3.63, 3.8) is 0 Å². The Morgan fingerprint density at radius 1 is 1.38 bits per heavy atom. The lowest BCUT2D eigenvalue weighted by molar-refractivity contribution is -0.117.